The summed E-state index contributed by atoms with van der Waals surface area (Å²) < 4.78 is 60.0. The zero-order valence-corrected chi connectivity index (χ0v) is 15.4. The van der Waals surface area contributed by atoms with Crippen LogP contribution in [0.4, 0.5) is 14.5 Å². The molecule has 0 bridgehead atoms. The summed E-state index contributed by atoms with van der Waals surface area (Å²) >= 11 is 1.37. The molecule has 2 aromatic carbocycles. The fourth-order valence-electron chi connectivity index (χ4n) is 2.40. The third-order valence-corrected chi connectivity index (χ3v) is 6.35. The van der Waals surface area contributed by atoms with Crippen molar-refractivity contribution in [2.75, 3.05) is 11.4 Å². The summed E-state index contributed by atoms with van der Waals surface area (Å²) in [4.78, 5) is 0.0612. The molecule has 0 fully saturated rings. The van der Waals surface area contributed by atoms with Crippen LogP contribution in [0.15, 0.2) is 64.9 Å². The SMILES string of the molecule is COc1ccc(N(Cc2cccs2)S(=O)(=O)c2cc(F)ccc2F)cc1. The minimum atomic E-state index is -4.32. The van der Waals surface area contributed by atoms with Crippen LogP contribution in [0.1, 0.15) is 4.88 Å². The summed E-state index contributed by atoms with van der Waals surface area (Å²) in [5.74, 6) is -1.27. The van der Waals surface area contributed by atoms with E-state index in [0.29, 0.717) is 17.5 Å². The molecule has 4 nitrogen and oxygen atoms in total. The highest BCUT2D eigenvalue weighted by atomic mass is 32.2. The van der Waals surface area contributed by atoms with Gasteiger partial charge in [0, 0.05) is 4.88 Å². The van der Waals surface area contributed by atoms with Gasteiger partial charge in [-0.3, -0.25) is 4.31 Å². The molecule has 0 saturated heterocycles. The molecule has 0 spiro atoms. The number of thiophene rings is 1. The molecule has 0 aliphatic heterocycles. The van der Waals surface area contributed by atoms with Crippen molar-refractivity contribution in [1.82, 2.24) is 0 Å². The van der Waals surface area contributed by atoms with Crippen LogP contribution in [0.2, 0.25) is 0 Å². The predicted molar refractivity (Wildman–Crippen MR) is 97.0 cm³/mol. The van der Waals surface area contributed by atoms with Crippen LogP contribution in [0.25, 0.3) is 0 Å². The summed E-state index contributed by atoms with van der Waals surface area (Å²) in [5.41, 5.74) is 0.322. The van der Waals surface area contributed by atoms with E-state index >= 15 is 0 Å². The molecule has 1 aromatic heterocycles. The van der Waals surface area contributed by atoms with Crippen molar-refractivity contribution >= 4 is 27.0 Å². The van der Waals surface area contributed by atoms with Gasteiger partial charge in [-0.05, 0) is 53.9 Å². The van der Waals surface area contributed by atoms with E-state index in [9.17, 15) is 17.2 Å². The first-order valence-corrected chi connectivity index (χ1v) is 9.88. The maximum absolute atomic E-state index is 14.1. The Morgan fingerprint density at radius 1 is 1.08 bits per heavy atom. The molecule has 3 rings (SSSR count). The number of anilines is 1. The molecule has 0 saturated carbocycles. The predicted octanol–water partition coefficient (Wildman–Crippen LogP) is 4.43. The fraction of sp³-hybridized carbons (Fsp3) is 0.111. The van der Waals surface area contributed by atoms with Crippen LogP contribution in [0.5, 0.6) is 5.75 Å². The van der Waals surface area contributed by atoms with E-state index in [4.69, 9.17) is 4.74 Å². The average Bonchev–Trinajstić information content (AvgIpc) is 3.15. The van der Waals surface area contributed by atoms with Crippen molar-refractivity contribution in [3.8, 4) is 5.75 Å². The Morgan fingerprint density at radius 3 is 2.42 bits per heavy atom. The number of halogens is 2. The topological polar surface area (TPSA) is 46.6 Å². The van der Waals surface area contributed by atoms with Crippen molar-refractivity contribution in [2.24, 2.45) is 0 Å². The Hall–Kier alpha value is -2.45. The first-order chi connectivity index (χ1) is 12.4. The Balaban J connectivity index is 2.10. The van der Waals surface area contributed by atoms with Gasteiger partial charge in [0.1, 0.15) is 22.3 Å². The molecule has 0 aliphatic rings. The summed E-state index contributed by atoms with van der Waals surface area (Å²) in [6.07, 6.45) is 0. The Kier molecular flexibility index (Phi) is 5.24. The zero-order valence-electron chi connectivity index (χ0n) is 13.7. The molecule has 0 radical (unpaired) electrons. The van der Waals surface area contributed by atoms with Gasteiger partial charge in [0.2, 0.25) is 0 Å². The Morgan fingerprint density at radius 2 is 1.81 bits per heavy atom. The van der Waals surface area contributed by atoms with Crippen molar-refractivity contribution in [2.45, 2.75) is 11.4 Å². The van der Waals surface area contributed by atoms with Crippen LogP contribution < -0.4 is 9.04 Å². The van der Waals surface area contributed by atoms with Gasteiger partial charge in [0.05, 0.1) is 19.3 Å². The molecule has 0 atom stereocenters. The summed E-state index contributed by atoms with van der Waals surface area (Å²) in [5, 5.41) is 1.82. The second kappa shape index (κ2) is 7.43. The van der Waals surface area contributed by atoms with Gasteiger partial charge in [-0.25, -0.2) is 17.2 Å². The highest BCUT2D eigenvalue weighted by molar-refractivity contribution is 7.92. The van der Waals surface area contributed by atoms with E-state index in [-0.39, 0.29) is 6.54 Å². The van der Waals surface area contributed by atoms with E-state index in [0.717, 1.165) is 21.3 Å². The largest absolute Gasteiger partial charge is 0.497 e. The first-order valence-electron chi connectivity index (χ1n) is 7.56. The van der Waals surface area contributed by atoms with Gasteiger partial charge in [0.25, 0.3) is 10.0 Å². The highest BCUT2D eigenvalue weighted by Gasteiger charge is 2.29. The van der Waals surface area contributed by atoms with Crippen LogP contribution in [-0.4, -0.2) is 15.5 Å². The third kappa shape index (κ3) is 3.71. The van der Waals surface area contributed by atoms with Crippen LogP contribution in [0, 0.1) is 11.6 Å². The maximum atomic E-state index is 14.1. The van der Waals surface area contributed by atoms with E-state index in [1.165, 1.54) is 18.4 Å². The lowest BCUT2D eigenvalue weighted by Crippen LogP contribution is -2.31. The summed E-state index contributed by atoms with van der Waals surface area (Å²) in [7, 11) is -2.82. The van der Waals surface area contributed by atoms with Crippen molar-refractivity contribution in [3.05, 3.63) is 76.5 Å². The van der Waals surface area contributed by atoms with E-state index in [1.54, 1.807) is 36.4 Å². The lowest BCUT2D eigenvalue weighted by atomic mass is 10.3. The van der Waals surface area contributed by atoms with E-state index in [2.05, 4.69) is 0 Å². The standard InChI is InChI=1S/C18H15F2NO3S2/c1-24-15-7-5-14(6-8-15)21(12-16-3-2-10-25-16)26(22,23)18-11-13(19)4-9-17(18)20/h2-11H,12H2,1H3. The minimum Gasteiger partial charge on any atom is -0.497 e. The van der Waals surface area contributed by atoms with Crippen molar-refractivity contribution < 1.29 is 21.9 Å². The van der Waals surface area contributed by atoms with Gasteiger partial charge in [-0.15, -0.1) is 11.3 Å². The molecule has 0 unspecified atom stereocenters. The maximum Gasteiger partial charge on any atom is 0.267 e. The molecule has 8 heteroatoms. The summed E-state index contributed by atoms with van der Waals surface area (Å²) in [6, 6.07) is 12.3. The smallest absolute Gasteiger partial charge is 0.267 e. The average molecular weight is 395 g/mol. The minimum absolute atomic E-state index is 0.00226. The number of methoxy groups -OCH3 is 1. The number of sulfonamides is 1. The number of benzene rings is 2. The van der Waals surface area contributed by atoms with Crippen LogP contribution in [-0.2, 0) is 16.6 Å². The normalized spacial score (nSPS) is 11.3. The molecule has 1 heterocycles. The molecule has 3 aromatic rings. The van der Waals surface area contributed by atoms with Gasteiger partial charge in [-0.1, -0.05) is 6.07 Å². The highest BCUT2D eigenvalue weighted by Crippen LogP contribution is 2.30. The second-order valence-electron chi connectivity index (χ2n) is 5.36. The van der Waals surface area contributed by atoms with Crippen molar-refractivity contribution in [3.63, 3.8) is 0 Å². The molecule has 0 amide bonds. The fourth-order valence-corrected chi connectivity index (χ4v) is 4.70. The lowest BCUT2D eigenvalue weighted by Gasteiger charge is -2.24. The number of nitrogens with zero attached hydrogens (tertiary/aromatic N) is 1. The lowest BCUT2D eigenvalue weighted by molar-refractivity contribution is 0.415. The number of rotatable bonds is 6. The molecule has 0 N–H and O–H groups in total. The van der Waals surface area contributed by atoms with Gasteiger partial charge in [0.15, 0.2) is 0 Å². The summed E-state index contributed by atoms with van der Waals surface area (Å²) in [6.45, 7) is 0.00226. The number of hydrogen-bond donors (Lipinski definition) is 0. The quantitative estimate of drug-likeness (QED) is 0.620. The molecule has 136 valence electrons. The Bertz CT molecular complexity index is 988. The van der Waals surface area contributed by atoms with Gasteiger partial charge >= 0.3 is 0 Å². The van der Waals surface area contributed by atoms with Crippen LogP contribution in [0.3, 0.4) is 0 Å². The van der Waals surface area contributed by atoms with Gasteiger partial charge < -0.3 is 4.74 Å². The molecular weight excluding hydrogens is 380 g/mol. The first kappa shape index (κ1) is 18.3. The molecular formula is C18H15F2NO3S2. The van der Waals surface area contributed by atoms with E-state index in [1.807, 2.05) is 5.38 Å². The van der Waals surface area contributed by atoms with Crippen molar-refractivity contribution in [1.29, 1.82) is 0 Å². The monoisotopic (exact) mass is 395 g/mol. The van der Waals surface area contributed by atoms with Crippen LogP contribution >= 0.6 is 11.3 Å². The van der Waals surface area contributed by atoms with Gasteiger partial charge in [-0.2, -0.15) is 0 Å². The zero-order chi connectivity index (χ0) is 18.7. The number of hydrogen-bond acceptors (Lipinski definition) is 4. The molecule has 0 aliphatic carbocycles. The number of ether oxygens (including phenoxy) is 1. The Labute approximate surface area is 154 Å². The third-order valence-electron chi connectivity index (χ3n) is 3.70. The second-order valence-corrected chi connectivity index (χ2v) is 8.23. The van der Waals surface area contributed by atoms with E-state index < -0.39 is 26.6 Å². The molecule has 26 heavy (non-hydrogen) atoms.